The van der Waals surface area contributed by atoms with Crippen LogP contribution in [-0.4, -0.2) is 59.9 Å². The first-order valence-corrected chi connectivity index (χ1v) is 18.6. The molecule has 0 spiro atoms. The fraction of sp³-hybridized carbons (Fsp3) is 0.906. The summed E-state index contributed by atoms with van der Waals surface area (Å²) in [7, 11) is -4.69. The lowest BCUT2D eigenvalue weighted by molar-refractivity contribution is -0.161. The van der Waals surface area contributed by atoms with Crippen LogP contribution in [0.5, 0.6) is 0 Å². The van der Waals surface area contributed by atoms with Crippen molar-refractivity contribution < 1.29 is 47.5 Å². The van der Waals surface area contributed by atoms with Crippen LogP contribution in [0, 0.1) is 0 Å². The van der Waals surface area contributed by atoms with Crippen molar-refractivity contribution in [1.29, 1.82) is 0 Å². The molecule has 0 bridgehead atoms. The second kappa shape index (κ2) is 28.9. The molecule has 4 N–H and O–H groups in total. The van der Waals surface area contributed by atoms with Gasteiger partial charge in [-0.1, -0.05) is 129 Å². The summed E-state index contributed by atoms with van der Waals surface area (Å²) < 4.78 is 32.3. The number of carbonyl (C=O) groups is 3. The van der Waals surface area contributed by atoms with Crippen molar-refractivity contribution in [3.05, 3.63) is 0 Å². The molecule has 0 aliphatic heterocycles. The Kier molecular flexibility index (Phi) is 27.9. The Morgan fingerprint density at radius 1 is 0.614 bits per heavy atom. The minimum atomic E-state index is -4.69. The van der Waals surface area contributed by atoms with Gasteiger partial charge in [0.05, 0.1) is 13.2 Å². The van der Waals surface area contributed by atoms with Crippen LogP contribution < -0.4 is 5.73 Å². The zero-order chi connectivity index (χ0) is 32.9. The van der Waals surface area contributed by atoms with Gasteiger partial charge in [-0.25, -0.2) is 4.57 Å². The van der Waals surface area contributed by atoms with Gasteiger partial charge in [-0.15, -0.1) is 0 Å². The standard InChI is InChI=1S/C32H62NO10P/c1-3-5-7-9-11-13-14-15-16-18-19-21-23-30(34)40-25-28(26-41-44(38,39)42-27-29(33)32(36)37)43-31(35)24-22-20-17-12-10-8-6-4-2/h28-29H,3-27,33H2,1-2H3,(H,36,37)(H,38,39)/t28-,29+/m0/s1. The largest absolute Gasteiger partial charge is 0.480 e. The number of esters is 2. The number of hydrogen-bond donors (Lipinski definition) is 3. The summed E-state index contributed by atoms with van der Waals surface area (Å²) in [6.45, 7) is 2.73. The maximum atomic E-state index is 12.4. The third kappa shape index (κ3) is 28.0. The van der Waals surface area contributed by atoms with Gasteiger partial charge in [0, 0.05) is 12.8 Å². The van der Waals surface area contributed by atoms with Gasteiger partial charge in [-0.2, -0.15) is 0 Å². The van der Waals surface area contributed by atoms with Crippen molar-refractivity contribution in [3.8, 4) is 0 Å². The van der Waals surface area contributed by atoms with Crippen molar-refractivity contribution in [1.82, 2.24) is 0 Å². The molecule has 0 aromatic heterocycles. The second-order valence-electron chi connectivity index (χ2n) is 11.7. The smallest absolute Gasteiger partial charge is 0.472 e. The average molecular weight is 652 g/mol. The quantitative estimate of drug-likeness (QED) is 0.0371. The molecule has 0 radical (unpaired) electrons. The molecule has 44 heavy (non-hydrogen) atoms. The molecule has 0 amide bonds. The molecule has 0 aromatic carbocycles. The molecule has 0 aromatic rings. The van der Waals surface area contributed by atoms with E-state index in [-0.39, 0.29) is 19.4 Å². The Hall–Kier alpha value is -1.52. The highest BCUT2D eigenvalue weighted by molar-refractivity contribution is 7.47. The van der Waals surface area contributed by atoms with Gasteiger partial charge in [0.15, 0.2) is 6.10 Å². The number of aliphatic carboxylic acids is 1. The zero-order valence-corrected chi connectivity index (χ0v) is 28.4. The predicted molar refractivity (Wildman–Crippen MR) is 171 cm³/mol. The molecular formula is C32H62NO10P. The summed E-state index contributed by atoms with van der Waals surface area (Å²) in [5.41, 5.74) is 5.29. The van der Waals surface area contributed by atoms with Gasteiger partial charge in [0.2, 0.25) is 0 Å². The molecule has 0 aliphatic carbocycles. The molecule has 0 saturated carbocycles. The van der Waals surface area contributed by atoms with Gasteiger partial charge >= 0.3 is 25.7 Å². The summed E-state index contributed by atoms with van der Waals surface area (Å²) in [6.07, 6.45) is 22.0. The Bertz CT molecular complexity index is 782. The summed E-state index contributed by atoms with van der Waals surface area (Å²) in [5.74, 6) is -2.38. The van der Waals surface area contributed by atoms with Crippen LogP contribution in [0.3, 0.4) is 0 Å². The minimum absolute atomic E-state index is 0.166. The van der Waals surface area contributed by atoms with E-state index >= 15 is 0 Å². The third-order valence-electron chi connectivity index (χ3n) is 7.36. The van der Waals surface area contributed by atoms with Crippen LogP contribution in [0.4, 0.5) is 0 Å². The highest BCUT2D eigenvalue weighted by Gasteiger charge is 2.28. The van der Waals surface area contributed by atoms with Crippen LogP contribution in [-0.2, 0) is 37.5 Å². The Morgan fingerprint density at radius 3 is 1.43 bits per heavy atom. The first-order valence-electron chi connectivity index (χ1n) is 17.1. The highest BCUT2D eigenvalue weighted by atomic mass is 31.2. The van der Waals surface area contributed by atoms with Crippen LogP contribution in [0.2, 0.25) is 0 Å². The predicted octanol–water partition coefficient (Wildman–Crippen LogP) is 7.61. The van der Waals surface area contributed by atoms with E-state index in [1.165, 1.54) is 77.0 Å². The summed E-state index contributed by atoms with van der Waals surface area (Å²) in [5, 5.41) is 8.81. The van der Waals surface area contributed by atoms with Crippen molar-refractivity contribution in [2.45, 2.75) is 167 Å². The SMILES string of the molecule is CCCCCCCCCCCCCCC(=O)OC[C@@H](COP(=O)(O)OC[C@@H](N)C(=O)O)OC(=O)CCCCCCCCCC. The number of rotatable bonds is 32. The van der Waals surface area contributed by atoms with Crippen LogP contribution in [0.25, 0.3) is 0 Å². The minimum Gasteiger partial charge on any atom is -0.480 e. The van der Waals surface area contributed by atoms with Crippen molar-refractivity contribution in [3.63, 3.8) is 0 Å². The molecule has 0 saturated heterocycles. The number of carbonyl (C=O) groups excluding carboxylic acids is 2. The number of carboxylic acid groups (broad SMARTS) is 1. The molecule has 260 valence electrons. The van der Waals surface area contributed by atoms with E-state index in [2.05, 4.69) is 18.4 Å². The zero-order valence-electron chi connectivity index (χ0n) is 27.5. The molecule has 0 fully saturated rings. The first kappa shape index (κ1) is 42.5. The van der Waals surface area contributed by atoms with Gasteiger partial charge < -0.3 is 25.2 Å². The Labute approximate surface area is 265 Å². The fourth-order valence-corrected chi connectivity index (χ4v) is 5.37. The molecule has 12 heteroatoms. The molecular weight excluding hydrogens is 589 g/mol. The molecule has 11 nitrogen and oxygen atoms in total. The van der Waals surface area contributed by atoms with E-state index in [0.717, 1.165) is 38.5 Å². The van der Waals surface area contributed by atoms with Crippen molar-refractivity contribution >= 4 is 25.7 Å². The van der Waals surface area contributed by atoms with E-state index in [4.69, 9.17) is 24.8 Å². The normalized spacial score (nSPS) is 14.1. The number of carboxylic acids is 1. The monoisotopic (exact) mass is 651 g/mol. The number of nitrogens with two attached hydrogens (primary N) is 1. The number of phosphoric acid groups is 1. The number of phosphoric ester groups is 1. The molecule has 3 atom stereocenters. The summed E-state index contributed by atoms with van der Waals surface area (Å²) in [4.78, 5) is 45.4. The third-order valence-corrected chi connectivity index (χ3v) is 8.31. The fourth-order valence-electron chi connectivity index (χ4n) is 4.59. The van der Waals surface area contributed by atoms with E-state index < -0.39 is 51.1 Å². The Balaban J connectivity index is 4.45. The van der Waals surface area contributed by atoms with Crippen molar-refractivity contribution in [2.75, 3.05) is 19.8 Å². The topological polar surface area (TPSA) is 172 Å². The van der Waals surface area contributed by atoms with E-state index in [0.29, 0.717) is 12.8 Å². The molecule has 0 aliphatic rings. The van der Waals surface area contributed by atoms with Gasteiger partial charge in [0.25, 0.3) is 0 Å². The van der Waals surface area contributed by atoms with E-state index in [1.54, 1.807) is 0 Å². The summed E-state index contributed by atoms with van der Waals surface area (Å²) in [6, 6.07) is -1.51. The van der Waals surface area contributed by atoms with Crippen LogP contribution >= 0.6 is 7.82 Å². The van der Waals surface area contributed by atoms with Gasteiger partial charge in [-0.3, -0.25) is 23.4 Å². The lowest BCUT2D eigenvalue weighted by atomic mass is 10.0. The number of hydrogen-bond acceptors (Lipinski definition) is 9. The number of ether oxygens (including phenoxy) is 2. The summed E-state index contributed by atoms with van der Waals surface area (Å²) >= 11 is 0. The molecule has 0 rings (SSSR count). The maximum Gasteiger partial charge on any atom is 0.472 e. The average Bonchev–Trinajstić information content (AvgIpc) is 2.99. The first-order chi connectivity index (χ1) is 21.1. The van der Waals surface area contributed by atoms with Crippen LogP contribution in [0.15, 0.2) is 0 Å². The van der Waals surface area contributed by atoms with E-state index in [1.807, 2.05) is 0 Å². The lowest BCUT2D eigenvalue weighted by Crippen LogP contribution is -2.34. The van der Waals surface area contributed by atoms with Gasteiger partial charge in [0.1, 0.15) is 12.6 Å². The Morgan fingerprint density at radius 2 is 1.00 bits per heavy atom. The van der Waals surface area contributed by atoms with Crippen LogP contribution in [0.1, 0.15) is 155 Å². The lowest BCUT2D eigenvalue weighted by Gasteiger charge is -2.20. The van der Waals surface area contributed by atoms with E-state index in [9.17, 15) is 23.8 Å². The molecule has 0 heterocycles. The van der Waals surface area contributed by atoms with Crippen molar-refractivity contribution in [2.24, 2.45) is 5.73 Å². The second-order valence-corrected chi connectivity index (χ2v) is 13.1. The van der Waals surface area contributed by atoms with Gasteiger partial charge in [-0.05, 0) is 12.8 Å². The number of unbranched alkanes of at least 4 members (excludes halogenated alkanes) is 18. The highest BCUT2D eigenvalue weighted by Crippen LogP contribution is 2.43. The molecule has 1 unspecified atom stereocenters. The maximum absolute atomic E-state index is 12.4.